The number of likely N-dealkylation sites (N-methyl/N-ethyl adjacent to an activating group) is 1. The van der Waals surface area contributed by atoms with Gasteiger partial charge in [0.2, 0.25) is 5.91 Å². The maximum absolute atomic E-state index is 13.5. The van der Waals surface area contributed by atoms with Crippen LogP contribution in [0.15, 0.2) is 12.2 Å². The van der Waals surface area contributed by atoms with Crippen LogP contribution in [0.3, 0.4) is 0 Å². The van der Waals surface area contributed by atoms with Gasteiger partial charge in [0.25, 0.3) is 7.82 Å². The lowest BCUT2D eigenvalue weighted by atomic mass is 10.0. The average Bonchev–Trinajstić information content (AvgIpc) is 3.35. The second kappa shape index (κ2) is 54.1. The molecule has 1 amide bonds. The maximum atomic E-state index is 13.5. The van der Waals surface area contributed by atoms with E-state index in [1.807, 2.05) is 33.3 Å². The number of hydrogen-bond donors (Lipinski definition) is 1. The number of phosphoric acid groups is 1. The summed E-state index contributed by atoms with van der Waals surface area (Å²) < 4.78 is 30.3. The third kappa shape index (κ3) is 55.3. The number of nitrogens with zero attached hydrogens (tertiary/aromatic N) is 1. The van der Waals surface area contributed by atoms with Gasteiger partial charge in [-0.2, -0.15) is 0 Å². The molecule has 0 aliphatic heterocycles. The minimum atomic E-state index is -4.69. The Morgan fingerprint density at radius 3 is 1.12 bits per heavy atom. The van der Waals surface area contributed by atoms with Crippen LogP contribution in [0.25, 0.3) is 0 Å². The summed E-state index contributed by atoms with van der Waals surface area (Å²) in [4.78, 5) is 40.0. The van der Waals surface area contributed by atoms with Crippen molar-refractivity contribution in [2.75, 3.05) is 40.9 Å². The predicted molar refractivity (Wildman–Crippen MR) is 312 cm³/mol. The number of ether oxygens (including phenoxy) is 1. The SMILES string of the molecule is CCCCCCCCCCC/C=C/C(OC(=O)CCCCCCCCCCCCCCCCC)C(COP(=O)([O-])OCC[N+](C)(C)C)NC(=O)CCCCCCCCCCCCCCCCCCCCCCC. The monoisotopic (exact) mass is 1050 g/mol. The van der Waals surface area contributed by atoms with Crippen LogP contribution in [0.4, 0.5) is 0 Å². The van der Waals surface area contributed by atoms with Crippen molar-refractivity contribution in [3.63, 3.8) is 0 Å². The lowest BCUT2D eigenvalue weighted by molar-refractivity contribution is -0.870. The molecule has 0 spiro atoms. The molecular formula is C63H125N2O7P. The molecule has 10 heteroatoms. The van der Waals surface area contributed by atoms with E-state index in [1.54, 1.807) is 0 Å². The Hall–Kier alpha value is -1.25. The van der Waals surface area contributed by atoms with Gasteiger partial charge in [-0.15, -0.1) is 0 Å². The highest BCUT2D eigenvalue weighted by Crippen LogP contribution is 2.38. The van der Waals surface area contributed by atoms with E-state index in [9.17, 15) is 19.0 Å². The van der Waals surface area contributed by atoms with Gasteiger partial charge < -0.3 is 28.5 Å². The van der Waals surface area contributed by atoms with Crippen molar-refractivity contribution in [3.05, 3.63) is 12.2 Å². The zero-order valence-electron chi connectivity index (χ0n) is 49.6. The van der Waals surface area contributed by atoms with Crippen molar-refractivity contribution in [3.8, 4) is 0 Å². The summed E-state index contributed by atoms with van der Waals surface area (Å²) in [5.41, 5.74) is 0. The minimum absolute atomic E-state index is 0.0168. The Bertz CT molecular complexity index is 1260. The summed E-state index contributed by atoms with van der Waals surface area (Å²) in [6, 6.07) is -0.879. The van der Waals surface area contributed by atoms with Gasteiger partial charge in [0.15, 0.2) is 0 Å². The predicted octanol–water partition coefficient (Wildman–Crippen LogP) is 18.9. The largest absolute Gasteiger partial charge is 0.756 e. The molecule has 0 aromatic rings. The Balaban J connectivity index is 5.11. The van der Waals surface area contributed by atoms with E-state index in [2.05, 4.69) is 26.1 Å². The first-order valence-electron chi connectivity index (χ1n) is 32.0. The number of hydrogen-bond acceptors (Lipinski definition) is 7. The van der Waals surface area contributed by atoms with Crippen LogP contribution in [-0.2, 0) is 27.9 Å². The number of rotatable bonds is 59. The Kier molecular flexibility index (Phi) is 53.2. The molecule has 0 fully saturated rings. The maximum Gasteiger partial charge on any atom is 0.306 e. The standard InChI is InChI=1S/C63H125N2O7P/c1-7-10-13-16-19-22-25-27-29-30-31-32-33-34-36-37-40-43-46-49-52-55-62(66)64-60(59-71-73(68,69)70-58-57-65(4,5)6)61(54-51-48-45-42-39-24-21-18-15-12-9-3)72-63(67)56-53-50-47-44-41-38-35-28-26-23-20-17-14-11-8-2/h51,54,60-61H,7-50,52-53,55-59H2,1-6H3,(H-,64,66,68,69)/b54-51+. The normalized spacial score (nSPS) is 13.7. The summed E-state index contributed by atoms with van der Waals surface area (Å²) in [6.07, 6.45) is 61.8. The number of allylic oxidation sites excluding steroid dienone is 1. The van der Waals surface area contributed by atoms with E-state index in [0.29, 0.717) is 17.4 Å². The van der Waals surface area contributed by atoms with Crippen molar-refractivity contribution in [2.45, 2.75) is 341 Å². The lowest BCUT2D eigenvalue weighted by Crippen LogP contribution is -2.47. The van der Waals surface area contributed by atoms with Gasteiger partial charge in [-0.05, 0) is 31.8 Å². The summed E-state index contributed by atoms with van der Waals surface area (Å²) in [5.74, 6) is -0.519. The molecule has 0 saturated heterocycles. The quantitative estimate of drug-likeness (QED) is 0.0212. The fourth-order valence-electron chi connectivity index (χ4n) is 9.76. The smallest absolute Gasteiger partial charge is 0.306 e. The number of carbonyl (C=O) groups excluding carboxylic acids is 2. The van der Waals surface area contributed by atoms with Gasteiger partial charge in [0.05, 0.1) is 33.8 Å². The fraction of sp³-hybridized carbons (Fsp3) is 0.937. The van der Waals surface area contributed by atoms with Crippen LogP contribution in [0.2, 0.25) is 0 Å². The molecule has 0 heterocycles. The molecule has 0 bridgehead atoms. The molecule has 0 radical (unpaired) electrons. The molecule has 434 valence electrons. The van der Waals surface area contributed by atoms with Gasteiger partial charge >= 0.3 is 5.97 Å². The lowest BCUT2D eigenvalue weighted by Gasteiger charge is -2.30. The molecule has 0 aromatic heterocycles. The van der Waals surface area contributed by atoms with Crippen LogP contribution >= 0.6 is 7.82 Å². The molecule has 0 aliphatic carbocycles. The summed E-state index contributed by atoms with van der Waals surface area (Å²) in [7, 11) is 1.21. The van der Waals surface area contributed by atoms with Crippen LogP contribution < -0.4 is 10.2 Å². The molecule has 3 unspecified atom stereocenters. The number of phosphoric ester groups is 1. The van der Waals surface area contributed by atoms with Gasteiger partial charge in [-0.1, -0.05) is 297 Å². The highest BCUT2D eigenvalue weighted by atomic mass is 31.2. The number of amides is 1. The Morgan fingerprint density at radius 2 is 0.781 bits per heavy atom. The van der Waals surface area contributed by atoms with Gasteiger partial charge in [0, 0.05) is 12.8 Å². The van der Waals surface area contributed by atoms with Crippen molar-refractivity contribution in [2.24, 2.45) is 0 Å². The molecule has 0 aliphatic rings. The van der Waals surface area contributed by atoms with Crippen LogP contribution in [0.5, 0.6) is 0 Å². The number of carbonyl (C=O) groups is 2. The molecule has 3 atom stereocenters. The van der Waals surface area contributed by atoms with Crippen molar-refractivity contribution in [1.82, 2.24) is 5.32 Å². The first-order chi connectivity index (χ1) is 35.4. The molecule has 0 aromatic carbocycles. The van der Waals surface area contributed by atoms with E-state index < -0.39 is 20.0 Å². The third-order valence-corrected chi connectivity index (χ3v) is 15.7. The first-order valence-corrected chi connectivity index (χ1v) is 33.5. The van der Waals surface area contributed by atoms with Crippen LogP contribution in [0.1, 0.15) is 329 Å². The van der Waals surface area contributed by atoms with E-state index >= 15 is 0 Å². The van der Waals surface area contributed by atoms with Gasteiger partial charge in [-0.25, -0.2) is 0 Å². The second-order valence-electron chi connectivity index (χ2n) is 23.3. The summed E-state index contributed by atoms with van der Waals surface area (Å²) >= 11 is 0. The van der Waals surface area contributed by atoms with Gasteiger partial charge in [0.1, 0.15) is 19.3 Å². The number of nitrogens with one attached hydrogen (secondary N) is 1. The molecule has 73 heavy (non-hydrogen) atoms. The van der Waals surface area contributed by atoms with Crippen molar-refractivity contribution < 1.29 is 37.3 Å². The topological polar surface area (TPSA) is 114 Å². The highest BCUT2D eigenvalue weighted by Gasteiger charge is 2.27. The fourth-order valence-corrected chi connectivity index (χ4v) is 10.5. The average molecular weight is 1050 g/mol. The molecule has 9 nitrogen and oxygen atoms in total. The highest BCUT2D eigenvalue weighted by molar-refractivity contribution is 7.45. The summed E-state index contributed by atoms with van der Waals surface area (Å²) in [5, 5.41) is 3.04. The third-order valence-electron chi connectivity index (χ3n) is 14.7. The number of quaternary nitrogens is 1. The summed E-state index contributed by atoms with van der Waals surface area (Å²) in [6.45, 7) is 6.89. The van der Waals surface area contributed by atoms with Crippen molar-refractivity contribution in [1.29, 1.82) is 0 Å². The molecule has 0 rings (SSSR count). The number of esters is 1. The van der Waals surface area contributed by atoms with E-state index in [4.69, 9.17) is 13.8 Å². The van der Waals surface area contributed by atoms with E-state index in [-0.39, 0.29) is 31.5 Å². The van der Waals surface area contributed by atoms with Crippen LogP contribution in [-0.4, -0.2) is 69.4 Å². The Morgan fingerprint density at radius 1 is 0.466 bits per heavy atom. The molecular weight excluding hydrogens is 928 g/mol. The molecule has 0 saturated carbocycles. The van der Waals surface area contributed by atoms with Crippen LogP contribution in [0, 0.1) is 0 Å². The number of unbranched alkanes of at least 4 members (excludes halogenated alkanes) is 43. The van der Waals surface area contributed by atoms with Gasteiger partial charge in [-0.3, -0.25) is 14.2 Å². The molecule has 1 N–H and O–H groups in total. The zero-order chi connectivity index (χ0) is 53.6. The van der Waals surface area contributed by atoms with Crippen molar-refractivity contribution >= 4 is 19.7 Å². The van der Waals surface area contributed by atoms with E-state index in [0.717, 1.165) is 57.8 Å². The first kappa shape index (κ1) is 71.8. The minimum Gasteiger partial charge on any atom is -0.756 e. The second-order valence-corrected chi connectivity index (χ2v) is 24.7. The zero-order valence-corrected chi connectivity index (χ0v) is 50.5. The Labute approximate surface area is 454 Å². The van der Waals surface area contributed by atoms with E-state index in [1.165, 1.54) is 238 Å².